The van der Waals surface area contributed by atoms with Crippen molar-refractivity contribution in [1.29, 1.82) is 0 Å². The second kappa shape index (κ2) is 6.04. The molecule has 1 unspecified atom stereocenters. The number of nitro groups is 1. The van der Waals surface area contributed by atoms with Crippen LogP contribution >= 0.6 is 12.4 Å². The van der Waals surface area contributed by atoms with E-state index in [0.717, 1.165) is 6.07 Å². The molecule has 1 aliphatic heterocycles. The van der Waals surface area contributed by atoms with Gasteiger partial charge in [-0.1, -0.05) is 6.07 Å². The first kappa shape index (κ1) is 16.8. The van der Waals surface area contributed by atoms with Gasteiger partial charge in [0.1, 0.15) is 0 Å². The monoisotopic (exact) mass is 321 g/mol. The second-order valence-corrected chi connectivity index (χ2v) is 6.56. The molecular weight excluding hydrogens is 306 g/mol. The van der Waals surface area contributed by atoms with Gasteiger partial charge in [-0.15, -0.1) is 12.4 Å². The third-order valence-corrected chi connectivity index (χ3v) is 5.06. The van der Waals surface area contributed by atoms with E-state index >= 15 is 0 Å². The lowest BCUT2D eigenvalue weighted by molar-refractivity contribution is -0.385. The summed E-state index contributed by atoms with van der Waals surface area (Å²) in [5, 5.41) is 10.9. The summed E-state index contributed by atoms with van der Waals surface area (Å²) in [5.41, 5.74) is 5.93. The molecule has 1 aliphatic rings. The lowest BCUT2D eigenvalue weighted by Gasteiger charge is -2.15. The summed E-state index contributed by atoms with van der Waals surface area (Å²) in [6.45, 7) is 2.18. The highest BCUT2D eigenvalue weighted by Gasteiger charge is 2.32. The fraction of sp³-hybridized carbons (Fsp3) is 0.455. The van der Waals surface area contributed by atoms with Gasteiger partial charge in [0, 0.05) is 30.8 Å². The average molecular weight is 322 g/mol. The number of halogens is 1. The first-order chi connectivity index (χ1) is 8.82. The minimum absolute atomic E-state index is 0. The summed E-state index contributed by atoms with van der Waals surface area (Å²) in [5.74, 6) is 0. The number of nitrogens with two attached hydrogens (primary N) is 1. The number of benzene rings is 1. The van der Waals surface area contributed by atoms with Crippen molar-refractivity contribution in [2.75, 3.05) is 13.1 Å². The molecule has 1 fully saturated rings. The molecule has 1 aromatic carbocycles. The number of nitrogens with zero attached hydrogens (tertiary/aromatic N) is 2. The number of aryl methyl sites for hydroxylation is 1. The zero-order chi connectivity index (χ0) is 14.2. The molecule has 1 saturated heterocycles. The summed E-state index contributed by atoms with van der Waals surface area (Å²) in [4.78, 5) is 10.2. The predicted molar refractivity (Wildman–Crippen MR) is 76.4 cm³/mol. The van der Waals surface area contributed by atoms with E-state index in [1.165, 1.54) is 16.4 Å². The Kier molecular flexibility index (Phi) is 5.09. The van der Waals surface area contributed by atoms with E-state index < -0.39 is 14.9 Å². The van der Waals surface area contributed by atoms with Crippen LogP contribution in [0, 0.1) is 17.0 Å². The highest BCUT2D eigenvalue weighted by atomic mass is 35.5. The maximum absolute atomic E-state index is 12.3. The third kappa shape index (κ3) is 3.09. The second-order valence-electron chi connectivity index (χ2n) is 4.62. The quantitative estimate of drug-likeness (QED) is 0.661. The molecule has 0 amide bonds. The Morgan fingerprint density at radius 3 is 2.60 bits per heavy atom. The molecule has 0 aliphatic carbocycles. The summed E-state index contributed by atoms with van der Waals surface area (Å²) in [6.07, 6.45) is 0.604. The first-order valence-corrected chi connectivity index (χ1v) is 7.27. The molecule has 2 rings (SSSR count). The van der Waals surface area contributed by atoms with Crippen LogP contribution < -0.4 is 5.73 Å². The van der Waals surface area contributed by atoms with E-state index in [2.05, 4.69) is 0 Å². The third-order valence-electron chi connectivity index (χ3n) is 3.20. The van der Waals surface area contributed by atoms with Gasteiger partial charge in [-0.25, -0.2) is 8.42 Å². The normalized spacial score (nSPS) is 19.6. The average Bonchev–Trinajstić information content (AvgIpc) is 2.76. The molecule has 0 aromatic heterocycles. The minimum atomic E-state index is -3.70. The van der Waals surface area contributed by atoms with Crippen LogP contribution in [0.5, 0.6) is 0 Å². The predicted octanol–water partition coefficient (Wildman–Crippen LogP) is 1.05. The van der Waals surface area contributed by atoms with Gasteiger partial charge < -0.3 is 5.73 Å². The van der Waals surface area contributed by atoms with E-state index in [4.69, 9.17) is 5.73 Å². The number of hydrogen-bond donors (Lipinski definition) is 1. The molecule has 2 N–H and O–H groups in total. The van der Waals surface area contributed by atoms with Crippen molar-refractivity contribution in [3.05, 3.63) is 33.9 Å². The van der Waals surface area contributed by atoms with Crippen molar-refractivity contribution >= 4 is 28.1 Å². The zero-order valence-corrected chi connectivity index (χ0v) is 12.5. The molecule has 0 bridgehead atoms. The summed E-state index contributed by atoms with van der Waals surface area (Å²) in [6, 6.07) is 3.77. The van der Waals surface area contributed by atoms with Crippen molar-refractivity contribution in [2.45, 2.75) is 24.3 Å². The van der Waals surface area contributed by atoms with Gasteiger partial charge in [-0.3, -0.25) is 10.1 Å². The highest BCUT2D eigenvalue weighted by Crippen LogP contribution is 2.26. The minimum Gasteiger partial charge on any atom is -0.326 e. The topological polar surface area (TPSA) is 107 Å². The molecule has 1 heterocycles. The number of sulfonamides is 1. The Morgan fingerprint density at radius 2 is 2.10 bits per heavy atom. The molecule has 1 atom stereocenters. The van der Waals surface area contributed by atoms with E-state index in [9.17, 15) is 18.5 Å². The fourth-order valence-corrected chi connectivity index (χ4v) is 3.60. The largest absolute Gasteiger partial charge is 0.326 e. The van der Waals surface area contributed by atoms with Crippen LogP contribution in [0.2, 0.25) is 0 Å². The Balaban J connectivity index is 0.00000200. The van der Waals surface area contributed by atoms with E-state index in [-0.39, 0.29) is 35.6 Å². The van der Waals surface area contributed by atoms with Crippen molar-refractivity contribution < 1.29 is 13.3 Å². The molecular formula is C11H16ClN3O4S. The molecule has 0 radical (unpaired) electrons. The van der Waals surface area contributed by atoms with Crippen LogP contribution in [0.4, 0.5) is 5.69 Å². The maximum atomic E-state index is 12.3. The lowest BCUT2D eigenvalue weighted by atomic mass is 10.2. The van der Waals surface area contributed by atoms with Crippen LogP contribution in [0.15, 0.2) is 23.1 Å². The van der Waals surface area contributed by atoms with Gasteiger partial charge >= 0.3 is 0 Å². The van der Waals surface area contributed by atoms with Crippen LogP contribution in [0.3, 0.4) is 0 Å². The molecule has 0 spiro atoms. The van der Waals surface area contributed by atoms with Crippen molar-refractivity contribution in [2.24, 2.45) is 5.73 Å². The van der Waals surface area contributed by atoms with Crippen molar-refractivity contribution in [3.63, 3.8) is 0 Å². The Morgan fingerprint density at radius 1 is 1.45 bits per heavy atom. The summed E-state index contributed by atoms with van der Waals surface area (Å²) < 4.78 is 25.9. The fourth-order valence-electron chi connectivity index (χ4n) is 2.07. The van der Waals surface area contributed by atoms with Gasteiger partial charge in [0.25, 0.3) is 5.69 Å². The lowest BCUT2D eigenvalue weighted by Crippen LogP contribution is -2.32. The molecule has 0 saturated carbocycles. The van der Waals surface area contributed by atoms with Crippen LogP contribution in [0.25, 0.3) is 0 Å². The molecule has 1 aromatic rings. The number of hydrogen-bond acceptors (Lipinski definition) is 5. The smallest absolute Gasteiger partial charge is 0.273 e. The molecule has 20 heavy (non-hydrogen) atoms. The van der Waals surface area contributed by atoms with Crippen LogP contribution in [-0.2, 0) is 10.0 Å². The standard InChI is InChI=1S/C11H15N3O4S.ClH/c1-8-2-3-10(6-11(8)14(15)16)19(17,18)13-5-4-9(12)7-13;/h2-3,6,9H,4-5,7,12H2,1H3;1H. The van der Waals surface area contributed by atoms with Crippen molar-refractivity contribution in [1.82, 2.24) is 4.31 Å². The van der Waals surface area contributed by atoms with E-state index in [0.29, 0.717) is 18.5 Å². The maximum Gasteiger partial charge on any atom is 0.273 e. The Labute approximate surface area is 123 Å². The number of nitro benzene ring substituents is 1. The van der Waals surface area contributed by atoms with E-state index in [1.54, 1.807) is 6.92 Å². The zero-order valence-electron chi connectivity index (χ0n) is 10.9. The first-order valence-electron chi connectivity index (χ1n) is 5.83. The van der Waals surface area contributed by atoms with Gasteiger partial charge in [-0.2, -0.15) is 4.31 Å². The van der Waals surface area contributed by atoms with Gasteiger partial charge in [0.2, 0.25) is 10.0 Å². The van der Waals surface area contributed by atoms with Crippen molar-refractivity contribution in [3.8, 4) is 0 Å². The highest BCUT2D eigenvalue weighted by molar-refractivity contribution is 7.89. The molecule has 7 nitrogen and oxygen atoms in total. The van der Waals surface area contributed by atoms with Gasteiger partial charge in [0.05, 0.1) is 9.82 Å². The SMILES string of the molecule is Cc1ccc(S(=O)(=O)N2CCC(N)C2)cc1[N+](=O)[O-].Cl. The Bertz CT molecular complexity index is 620. The van der Waals surface area contributed by atoms with Crippen LogP contribution in [-0.4, -0.2) is 36.8 Å². The number of rotatable bonds is 3. The molecule has 9 heteroatoms. The van der Waals surface area contributed by atoms with Crippen LogP contribution in [0.1, 0.15) is 12.0 Å². The molecule has 112 valence electrons. The van der Waals surface area contributed by atoms with Gasteiger partial charge in [-0.05, 0) is 19.4 Å². The van der Waals surface area contributed by atoms with Gasteiger partial charge in [0.15, 0.2) is 0 Å². The van der Waals surface area contributed by atoms with E-state index in [1.807, 2.05) is 0 Å². The summed E-state index contributed by atoms with van der Waals surface area (Å²) in [7, 11) is -3.70. The summed E-state index contributed by atoms with van der Waals surface area (Å²) >= 11 is 0. The Hall–Kier alpha value is -1.22.